The number of nitrogens with one attached hydrogen (secondary N) is 2. The molecular formula is C20H23N4O3+. The number of aromatic nitrogens is 1. The molecular weight excluding hydrogens is 344 g/mol. The summed E-state index contributed by atoms with van der Waals surface area (Å²) in [5, 5.41) is 16.2. The first-order chi connectivity index (χ1) is 13.2. The number of non-ortho nitro benzene ring substituents is 1. The third-order valence-electron chi connectivity index (χ3n) is 5.36. The van der Waals surface area contributed by atoms with Crippen LogP contribution in [0.5, 0.6) is 0 Å². The third kappa shape index (κ3) is 3.64. The molecule has 1 aromatic carbocycles. The van der Waals surface area contributed by atoms with Gasteiger partial charge in [0.25, 0.3) is 5.69 Å². The molecule has 0 saturated carbocycles. The average molecular weight is 367 g/mol. The number of anilines is 1. The van der Waals surface area contributed by atoms with Crippen LogP contribution in [0.1, 0.15) is 31.1 Å². The van der Waals surface area contributed by atoms with Crippen molar-refractivity contribution in [3.63, 3.8) is 0 Å². The summed E-state index contributed by atoms with van der Waals surface area (Å²) in [6, 6.07) is 9.32. The Morgan fingerprint density at radius 1 is 1.19 bits per heavy atom. The largest absolute Gasteiger partial charge is 0.463 e. The number of furan rings is 1. The highest BCUT2D eigenvalue weighted by molar-refractivity contribution is 5.99. The minimum absolute atomic E-state index is 0.0768. The van der Waals surface area contributed by atoms with E-state index in [1.807, 2.05) is 18.2 Å². The molecule has 1 saturated heterocycles. The Hall–Kier alpha value is -2.93. The van der Waals surface area contributed by atoms with Crippen molar-refractivity contribution in [1.82, 2.24) is 4.98 Å². The maximum atomic E-state index is 11.3. The lowest BCUT2D eigenvalue weighted by Gasteiger charge is -2.30. The molecule has 0 aliphatic carbocycles. The standard InChI is InChI=1S/C20H22N4O3/c25-24(26)18-7-6-17(15-8-9-21-13-16(15)18)22-14-19(20-5-4-12-27-20)23-10-2-1-3-11-23/h4-9,12-13,19,22H,1-3,10-11,14H2/p+1/t19-/m1/s1. The molecule has 2 aromatic heterocycles. The van der Waals surface area contributed by atoms with Gasteiger partial charge in [-0.3, -0.25) is 15.1 Å². The van der Waals surface area contributed by atoms with Crippen LogP contribution in [0.4, 0.5) is 11.4 Å². The Morgan fingerprint density at radius 3 is 2.78 bits per heavy atom. The Morgan fingerprint density at radius 2 is 2.04 bits per heavy atom. The fourth-order valence-corrected chi connectivity index (χ4v) is 3.99. The van der Waals surface area contributed by atoms with Gasteiger partial charge in [-0.25, -0.2) is 0 Å². The molecule has 3 aromatic rings. The van der Waals surface area contributed by atoms with E-state index < -0.39 is 0 Å². The van der Waals surface area contributed by atoms with Crippen molar-refractivity contribution in [3.05, 3.63) is 64.9 Å². The number of quaternary nitrogens is 1. The summed E-state index contributed by atoms with van der Waals surface area (Å²) >= 11 is 0. The summed E-state index contributed by atoms with van der Waals surface area (Å²) < 4.78 is 5.72. The highest BCUT2D eigenvalue weighted by Crippen LogP contribution is 2.31. The summed E-state index contributed by atoms with van der Waals surface area (Å²) in [6.45, 7) is 2.98. The van der Waals surface area contributed by atoms with Crippen molar-refractivity contribution in [2.75, 3.05) is 25.0 Å². The van der Waals surface area contributed by atoms with Crippen LogP contribution >= 0.6 is 0 Å². The Kier molecular flexibility index (Phi) is 5.02. The molecule has 3 heterocycles. The molecule has 7 heteroatoms. The molecule has 1 fully saturated rings. The van der Waals surface area contributed by atoms with Gasteiger partial charge in [0.1, 0.15) is 0 Å². The zero-order valence-electron chi connectivity index (χ0n) is 15.1. The Bertz CT molecular complexity index is 920. The molecule has 1 atom stereocenters. The molecule has 0 radical (unpaired) electrons. The molecule has 2 N–H and O–H groups in total. The third-order valence-corrected chi connectivity index (χ3v) is 5.36. The first kappa shape index (κ1) is 17.5. The summed E-state index contributed by atoms with van der Waals surface area (Å²) in [4.78, 5) is 16.5. The highest BCUT2D eigenvalue weighted by Gasteiger charge is 2.28. The van der Waals surface area contributed by atoms with E-state index in [2.05, 4.69) is 10.3 Å². The minimum Gasteiger partial charge on any atom is -0.463 e. The van der Waals surface area contributed by atoms with Crippen LogP contribution in [-0.2, 0) is 0 Å². The van der Waals surface area contributed by atoms with Gasteiger partial charge in [-0.1, -0.05) is 0 Å². The number of piperidine rings is 1. The van der Waals surface area contributed by atoms with Gasteiger partial charge in [0.05, 0.1) is 36.2 Å². The predicted molar refractivity (Wildman–Crippen MR) is 103 cm³/mol. The first-order valence-corrected chi connectivity index (χ1v) is 9.37. The first-order valence-electron chi connectivity index (χ1n) is 9.37. The number of nitro benzene ring substituents is 1. The second-order valence-electron chi connectivity index (χ2n) is 6.98. The molecule has 27 heavy (non-hydrogen) atoms. The second kappa shape index (κ2) is 7.75. The summed E-state index contributed by atoms with van der Waals surface area (Å²) in [5.74, 6) is 0.979. The molecule has 0 unspecified atom stereocenters. The molecule has 0 spiro atoms. The molecule has 1 aliphatic rings. The van der Waals surface area contributed by atoms with E-state index >= 15 is 0 Å². The van der Waals surface area contributed by atoms with Crippen molar-refractivity contribution < 1.29 is 14.2 Å². The maximum Gasteiger partial charge on any atom is 0.278 e. The van der Waals surface area contributed by atoms with E-state index in [4.69, 9.17) is 4.42 Å². The van der Waals surface area contributed by atoms with Gasteiger partial charge in [0.2, 0.25) is 0 Å². The van der Waals surface area contributed by atoms with Crippen LogP contribution in [0.2, 0.25) is 0 Å². The van der Waals surface area contributed by atoms with Crippen LogP contribution in [0.25, 0.3) is 10.8 Å². The van der Waals surface area contributed by atoms with E-state index in [1.165, 1.54) is 24.2 Å². The van der Waals surface area contributed by atoms with Crippen LogP contribution in [0.15, 0.2) is 53.4 Å². The zero-order chi connectivity index (χ0) is 18.6. The van der Waals surface area contributed by atoms with E-state index in [9.17, 15) is 10.1 Å². The predicted octanol–water partition coefficient (Wildman–Crippen LogP) is 2.96. The smallest absolute Gasteiger partial charge is 0.278 e. The lowest BCUT2D eigenvalue weighted by atomic mass is 10.1. The summed E-state index contributed by atoms with van der Waals surface area (Å²) in [7, 11) is 0. The molecule has 0 bridgehead atoms. The number of nitro groups is 1. The summed E-state index contributed by atoms with van der Waals surface area (Å²) in [6.07, 6.45) is 8.70. The molecule has 140 valence electrons. The van der Waals surface area contributed by atoms with Crippen molar-refractivity contribution in [2.45, 2.75) is 25.3 Å². The number of pyridine rings is 1. The number of likely N-dealkylation sites (tertiary alicyclic amines) is 1. The van der Waals surface area contributed by atoms with Crippen molar-refractivity contribution >= 4 is 22.1 Å². The SMILES string of the molecule is O=[N+]([O-])c1ccc(NC[C@H](c2ccco2)[NH+]2CCCCC2)c2ccncc12. The fourth-order valence-electron chi connectivity index (χ4n) is 3.99. The van der Waals surface area contributed by atoms with Crippen LogP contribution in [0.3, 0.4) is 0 Å². The Balaban J connectivity index is 1.61. The minimum atomic E-state index is -0.364. The van der Waals surface area contributed by atoms with Gasteiger partial charge in [-0.05, 0) is 43.5 Å². The van der Waals surface area contributed by atoms with Gasteiger partial charge in [-0.2, -0.15) is 0 Å². The van der Waals surface area contributed by atoms with E-state index in [1.54, 1.807) is 30.8 Å². The monoisotopic (exact) mass is 367 g/mol. The quantitative estimate of drug-likeness (QED) is 0.517. The normalized spacial score (nSPS) is 16.3. The Labute approximate surface area is 157 Å². The zero-order valence-corrected chi connectivity index (χ0v) is 15.1. The second-order valence-corrected chi connectivity index (χ2v) is 6.98. The van der Waals surface area contributed by atoms with Gasteiger partial charge in [-0.15, -0.1) is 0 Å². The lowest BCUT2D eigenvalue weighted by Crippen LogP contribution is -3.13. The van der Waals surface area contributed by atoms with Gasteiger partial charge in [0.15, 0.2) is 11.8 Å². The van der Waals surface area contributed by atoms with E-state index in [-0.39, 0.29) is 16.7 Å². The van der Waals surface area contributed by atoms with Crippen LogP contribution < -0.4 is 10.2 Å². The van der Waals surface area contributed by atoms with E-state index in [0.717, 1.165) is 29.9 Å². The number of rotatable bonds is 6. The highest BCUT2D eigenvalue weighted by atomic mass is 16.6. The topological polar surface area (TPSA) is 85.6 Å². The van der Waals surface area contributed by atoms with Crippen molar-refractivity contribution in [1.29, 1.82) is 0 Å². The number of hydrogen-bond acceptors (Lipinski definition) is 5. The number of nitrogens with zero attached hydrogens (tertiary/aromatic N) is 2. The van der Waals surface area contributed by atoms with Crippen molar-refractivity contribution in [3.8, 4) is 0 Å². The van der Waals surface area contributed by atoms with E-state index in [0.29, 0.717) is 11.9 Å². The molecule has 4 rings (SSSR count). The van der Waals surface area contributed by atoms with Gasteiger partial charge < -0.3 is 14.6 Å². The van der Waals surface area contributed by atoms with Crippen LogP contribution in [-0.4, -0.2) is 29.5 Å². The lowest BCUT2D eigenvalue weighted by molar-refractivity contribution is -0.935. The number of benzene rings is 1. The maximum absolute atomic E-state index is 11.3. The molecule has 0 amide bonds. The summed E-state index contributed by atoms with van der Waals surface area (Å²) in [5.41, 5.74) is 0.957. The van der Waals surface area contributed by atoms with Crippen molar-refractivity contribution in [2.24, 2.45) is 0 Å². The van der Waals surface area contributed by atoms with Gasteiger partial charge >= 0.3 is 0 Å². The number of fused-ring (bicyclic) bond motifs is 1. The molecule has 7 nitrogen and oxygen atoms in total. The van der Waals surface area contributed by atoms with Crippen LogP contribution in [0, 0.1) is 10.1 Å². The number of hydrogen-bond donors (Lipinski definition) is 2. The average Bonchev–Trinajstić information content (AvgIpc) is 3.23. The fraction of sp³-hybridized carbons (Fsp3) is 0.350. The molecule has 1 aliphatic heterocycles. The van der Waals surface area contributed by atoms with Gasteiger partial charge in [0, 0.05) is 29.5 Å².